The lowest BCUT2D eigenvalue weighted by molar-refractivity contribution is 0.0696. The standard InChI is InChI=1S/C24H24FN3O2/c25-22-8-6-20(7-9-22)23(19-4-2-1-3-5-19)28-12-10-27(11-13-28)17-18-14-21(24(29)30)16-26-15-18/h1-9,14-16,23H,10-13,17H2,(H,29,30). The van der Waals surface area contributed by atoms with Crippen molar-refractivity contribution in [3.8, 4) is 0 Å². The SMILES string of the molecule is O=C(O)c1cncc(CN2CCN(C(c3ccccc3)c3ccc(F)cc3)CC2)c1. The van der Waals surface area contributed by atoms with E-state index in [1.165, 1.54) is 23.9 Å². The molecule has 0 amide bonds. The Labute approximate surface area is 175 Å². The molecule has 1 fully saturated rings. The predicted octanol–water partition coefficient (Wildman–Crippen LogP) is 3.83. The predicted molar refractivity (Wildman–Crippen MR) is 113 cm³/mol. The second kappa shape index (κ2) is 9.15. The van der Waals surface area contributed by atoms with Gasteiger partial charge in [-0.05, 0) is 34.9 Å². The molecule has 0 radical (unpaired) electrons. The van der Waals surface area contributed by atoms with E-state index in [9.17, 15) is 9.18 Å². The number of hydrogen-bond acceptors (Lipinski definition) is 4. The van der Waals surface area contributed by atoms with Crippen molar-refractivity contribution in [3.63, 3.8) is 0 Å². The highest BCUT2D eigenvalue weighted by molar-refractivity contribution is 5.87. The van der Waals surface area contributed by atoms with Crippen molar-refractivity contribution in [2.75, 3.05) is 26.2 Å². The highest BCUT2D eigenvalue weighted by Crippen LogP contribution is 2.30. The molecular weight excluding hydrogens is 381 g/mol. The highest BCUT2D eigenvalue weighted by atomic mass is 19.1. The zero-order valence-electron chi connectivity index (χ0n) is 16.6. The number of halogens is 1. The van der Waals surface area contributed by atoms with Crippen molar-refractivity contribution < 1.29 is 14.3 Å². The maximum absolute atomic E-state index is 13.5. The number of carbonyl (C=O) groups is 1. The van der Waals surface area contributed by atoms with Gasteiger partial charge in [0.2, 0.25) is 0 Å². The molecule has 0 spiro atoms. The van der Waals surface area contributed by atoms with Crippen LogP contribution in [0, 0.1) is 5.82 Å². The second-order valence-corrected chi connectivity index (χ2v) is 7.56. The number of nitrogens with zero attached hydrogens (tertiary/aromatic N) is 3. The van der Waals surface area contributed by atoms with Gasteiger partial charge in [-0.25, -0.2) is 9.18 Å². The van der Waals surface area contributed by atoms with Crippen LogP contribution in [0.4, 0.5) is 4.39 Å². The summed E-state index contributed by atoms with van der Waals surface area (Å²) in [5.74, 6) is -1.19. The van der Waals surface area contributed by atoms with E-state index >= 15 is 0 Å². The van der Waals surface area contributed by atoms with Crippen LogP contribution in [-0.4, -0.2) is 52.0 Å². The molecule has 30 heavy (non-hydrogen) atoms. The Balaban J connectivity index is 1.47. The summed E-state index contributed by atoms with van der Waals surface area (Å²) in [6.45, 7) is 4.13. The third-order valence-electron chi connectivity index (χ3n) is 5.52. The smallest absolute Gasteiger partial charge is 0.337 e. The van der Waals surface area contributed by atoms with Gasteiger partial charge in [0, 0.05) is 45.1 Å². The molecule has 1 N–H and O–H groups in total. The van der Waals surface area contributed by atoms with E-state index in [1.807, 2.05) is 30.3 Å². The van der Waals surface area contributed by atoms with Crippen LogP contribution in [0.15, 0.2) is 73.1 Å². The van der Waals surface area contributed by atoms with E-state index in [2.05, 4.69) is 26.9 Å². The second-order valence-electron chi connectivity index (χ2n) is 7.56. The number of benzene rings is 2. The van der Waals surface area contributed by atoms with Gasteiger partial charge in [-0.2, -0.15) is 0 Å². The lowest BCUT2D eigenvalue weighted by atomic mass is 9.96. The lowest BCUT2D eigenvalue weighted by Gasteiger charge is -2.39. The molecule has 2 heterocycles. The molecule has 1 saturated heterocycles. The van der Waals surface area contributed by atoms with Gasteiger partial charge in [0.25, 0.3) is 0 Å². The molecule has 2 aromatic carbocycles. The first kappa shape index (κ1) is 20.2. The fourth-order valence-corrected chi connectivity index (χ4v) is 4.02. The van der Waals surface area contributed by atoms with Crippen molar-refractivity contribution in [1.29, 1.82) is 0 Å². The first-order chi connectivity index (χ1) is 14.6. The Kier molecular flexibility index (Phi) is 6.16. The zero-order chi connectivity index (χ0) is 20.9. The van der Waals surface area contributed by atoms with Crippen LogP contribution >= 0.6 is 0 Å². The average Bonchev–Trinajstić information content (AvgIpc) is 2.77. The molecule has 6 heteroatoms. The number of piperazine rings is 1. The van der Waals surface area contributed by atoms with E-state index in [0.717, 1.165) is 37.3 Å². The molecule has 1 atom stereocenters. The minimum atomic E-state index is -0.959. The summed E-state index contributed by atoms with van der Waals surface area (Å²) in [5.41, 5.74) is 3.39. The van der Waals surface area contributed by atoms with Crippen LogP contribution in [0.3, 0.4) is 0 Å². The van der Waals surface area contributed by atoms with Gasteiger partial charge in [-0.3, -0.25) is 14.8 Å². The molecule has 5 nitrogen and oxygen atoms in total. The Morgan fingerprint density at radius 1 is 0.967 bits per heavy atom. The van der Waals surface area contributed by atoms with E-state index in [4.69, 9.17) is 5.11 Å². The van der Waals surface area contributed by atoms with E-state index in [-0.39, 0.29) is 17.4 Å². The Bertz CT molecular complexity index is 987. The Morgan fingerprint density at radius 3 is 2.30 bits per heavy atom. The fraction of sp³-hybridized carbons (Fsp3) is 0.250. The summed E-state index contributed by atoms with van der Waals surface area (Å²) >= 11 is 0. The molecule has 4 rings (SSSR count). The van der Waals surface area contributed by atoms with Crippen LogP contribution in [0.25, 0.3) is 0 Å². The third kappa shape index (κ3) is 4.72. The topological polar surface area (TPSA) is 56.7 Å². The van der Waals surface area contributed by atoms with Gasteiger partial charge in [-0.1, -0.05) is 42.5 Å². The minimum absolute atomic E-state index is 0.0750. The van der Waals surface area contributed by atoms with Gasteiger partial charge < -0.3 is 5.11 Å². The van der Waals surface area contributed by atoms with Crippen molar-refractivity contribution in [3.05, 3.63) is 101 Å². The summed E-state index contributed by atoms with van der Waals surface area (Å²) in [6, 6.07) is 18.8. The third-order valence-corrected chi connectivity index (χ3v) is 5.52. The summed E-state index contributed by atoms with van der Waals surface area (Å²) < 4.78 is 13.5. The average molecular weight is 405 g/mol. The number of carboxylic acid groups (broad SMARTS) is 1. The highest BCUT2D eigenvalue weighted by Gasteiger charge is 2.26. The van der Waals surface area contributed by atoms with Crippen LogP contribution < -0.4 is 0 Å². The van der Waals surface area contributed by atoms with Gasteiger partial charge in [0.05, 0.1) is 11.6 Å². The Morgan fingerprint density at radius 2 is 1.63 bits per heavy atom. The molecule has 1 aliphatic rings. The van der Waals surface area contributed by atoms with Crippen LogP contribution in [0.5, 0.6) is 0 Å². The quantitative estimate of drug-likeness (QED) is 0.676. The molecule has 1 aromatic heterocycles. The first-order valence-corrected chi connectivity index (χ1v) is 10.0. The van der Waals surface area contributed by atoms with Crippen molar-refractivity contribution in [2.24, 2.45) is 0 Å². The van der Waals surface area contributed by atoms with Crippen LogP contribution in [0.1, 0.15) is 33.1 Å². The van der Waals surface area contributed by atoms with E-state index in [0.29, 0.717) is 6.54 Å². The summed E-state index contributed by atoms with van der Waals surface area (Å²) in [7, 11) is 0. The van der Waals surface area contributed by atoms with Crippen molar-refractivity contribution in [2.45, 2.75) is 12.6 Å². The molecule has 1 unspecified atom stereocenters. The first-order valence-electron chi connectivity index (χ1n) is 10.0. The fourth-order valence-electron chi connectivity index (χ4n) is 4.02. The summed E-state index contributed by atoms with van der Waals surface area (Å²) in [6.07, 6.45) is 3.10. The number of pyridine rings is 1. The Hall–Kier alpha value is -3.09. The number of aromatic carboxylic acids is 1. The minimum Gasteiger partial charge on any atom is -0.478 e. The van der Waals surface area contributed by atoms with Crippen LogP contribution in [0.2, 0.25) is 0 Å². The molecule has 0 saturated carbocycles. The monoisotopic (exact) mass is 405 g/mol. The van der Waals surface area contributed by atoms with Crippen LogP contribution in [-0.2, 0) is 6.54 Å². The number of carboxylic acids is 1. The maximum atomic E-state index is 13.5. The van der Waals surface area contributed by atoms with Crippen molar-refractivity contribution in [1.82, 2.24) is 14.8 Å². The number of hydrogen-bond donors (Lipinski definition) is 1. The largest absolute Gasteiger partial charge is 0.478 e. The van der Waals surface area contributed by atoms with Gasteiger partial charge in [0.1, 0.15) is 5.82 Å². The van der Waals surface area contributed by atoms with Gasteiger partial charge in [0.15, 0.2) is 0 Å². The lowest BCUT2D eigenvalue weighted by Crippen LogP contribution is -2.47. The summed E-state index contributed by atoms with van der Waals surface area (Å²) in [4.78, 5) is 20.0. The van der Waals surface area contributed by atoms with E-state index < -0.39 is 5.97 Å². The number of rotatable bonds is 6. The number of aromatic nitrogens is 1. The van der Waals surface area contributed by atoms with Crippen molar-refractivity contribution >= 4 is 5.97 Å². The molecule has 1 aliphatic heterocycles. The molecule has 3 aromatic rings. The summed E-state index contributed by atoms with van der Waals surface area (Å²) in [5, 5.41) is 9.16. The molecule has 0 bridgehead atoms. The normalized spacial score (nSPS) is 16.3. The van der Waals surface area contributed by atoms with E-state index in [1.54, 1.807) is 12.3 Å². The molecule has 0 aliphatic carbocycles. The van der Waals surface area contributed by atoms with Gasteiger partial charge in [-0.15, -0.1) is 0 Å². The van der Waals surface area contributed by atoms with Gasteiger partial charge >= 0.3 is 5.97 Å². The molecule has 154 valence electrons. The zero-order valence-corrected chi connectivity index (χ0v) is 16.6. The maximum Gasteiger partial charge on any atom is 0.337 e. The molecular formula is C24H24FN3O2.